The summed E-state index contributed by atoms with van der Waals surface area (Å²) in [5.74, 6) is -0.678. The summed E-state index contributed by atoms with van der Waals surface area (Å²) in [7, 11) is 0. The first-order chi connectivity index (χ1) is 9.97. The van der Waals surface area contributed by atoms with Crippen LogP contribution in [0.5, 0.6) is 5.75 Å². The molecule has 1 aliphatic rings. The largest absolute Gasteiger partial charge is 0.481 e. The van der Waals surface area contributed by atoms with Gasteiger partial charge in [0.1, 0.15) is 5.75 Å². The first-order valence-electron chi connectivity index (χ1n) is 7.22. The van der Waals surface area contributed by atoms with Crippen molar-refractivity contribution < 1.29 is 19.4 Å². The van der Waals surface area contributed by atoms with E-state index in [1.165, 1.54) is 0 Å². The van der Waals surface area contributed by atoms with Crippen LogP contribution in [-0.4, -0.2) is 29.6 Å². The fourth-order valence-corrected chi connectivity index (χ4v) is 2.51. The van der Waals surface area contributed by atoms with Crippen molar-refractivity contribution in [2.75, 3.05) is 6.54 Å². The van der Waals surface area contributed by atoms with Gasteiger partial charge in [0.2, 0.25) is 0 Å². The third kappa shape index (κ3) is 3.97. The average molecular weight is 291 g/mol. The van der Waals surface area contributed by atoms with E-state index in [4.69, 9.17) is 9.84 Å². The van der Waals surface area contributed by atoms with E-state index in [1.807, 2.05) is 38.1 Å². The van der Waals surface area contributed by atoms with Crippen LogP contribution in [0.2, 0.25) is 0 Å². The van der Waals surface area contributed by atoms with Crippen LogP contribution < -0.4 is 10.1 Å². The number of aliphatic carboxylic acids is 1. The van der Waals surface area contributed by atoms with E-state index in [2.05, 4.69) is 5.32 Å². The van der Waals surface area contributed by atoms with Gasteiger partial charge >= 0.3 is 5.97 Å². The first kappa shape index (κ1) is 15.4. The van der Waals surface area contributed by atoms with Crippen molar-refractivity contribution in [3.8, 4) is 5.75 Å². The molecule has 1 aliphatic heterocycles. The number of carbonyl (C=O) groups is 2. The molecular formula is C16H21NO4. The molecule has 1 heterocycles. The molecule has 0 saturated carbocycles. The Balaban J connectivity index is 1.87. The lowest BCUT2D eigenvalue weighted by Gasteiger charge is -2.17. The van der Waals surface area contributed by atoms with E-state index in [1.54, 1.807) is 0 Å². The van der Waals surface area contributed by atoms with Gasteiger partial charge in [0, 0.05) is 13.0 Å². The van der Waals surface area contributed by atoms with E-state index >= 15 is 0 Å². The summed E-state index contributed by atoms with van der Waals surface area (Å²) in [6.07, 6.45) is 0.515. The number of para-hydroxylation sites is 1. The molecule has 0 saturated heterocycles. The highest BCUT2D eigenvalue weighted by atomic mass is 16.5. The second-order valence-electron chi connectivity index (χ2n) is 5.83. The van der Waals surface area contributed by atoms with Crippen molar-refractivity contribution in [2.45, 2.75) is 32.8 Å². The molecule has 114 valence electrons. The summed E-state index contributed by atoms with van der Waals surface area (Å²) in [4.78, 5) is 23.3. The quantitative estimate of drug-likeness (QED) is 0.838. The minimum atomic E-state index is -0.875. The standard InChI is InChI=1S/C16H21NO4/c1-10(2)7-12(16(19)20)9-17-15(18)14-8-11-5-3-4-6-13(11)21-14/h3-6,10,12,14H,7-9H2,1-2H3,(H,17,18)(H,19,20). The number of ether oxygens (including phenoxy) is 1. The molecular weight excluding hydrogens is 270 g/mol. The van der Waals surface area contributed by atoms with Crippen LogP contribution >= 0.6 is 0 Å². The lowest BCUT2D eigenvalue weighted by molar-refractivity contribution is -0.142. The Morgan fingerprint density at radius 3 is 2.71 bits per heavy atom. The molecule has 2 atom stereocenters. The van der Waals surface area contributed by atoms with E-state index in [-0.39, 0.29) is 18.4 Å². The summed E-state index contributed by atoms with van der Waals surface area (Å²) in [6.45, 7) is 4.07. The third-order valence-corrected chi connectivity index (χ3v) is 3.57. The second-order valence-corrected chi connectivity index (χ2v) is 5.83. The molecule has 2 rings (SSSR count). The lowest BCUT2D eigenvalue weighted by Crippen LogP contribution is -2.41. The molecule has 1 amide bonds. The minimum absolute atomic E-state index is 0.141. The van der Waals surface area contributed by atoms with Crippen molar-refractivity contribution in [1.29, 1.82) is 0 Å². The van der Waals surface area contributed by atoms with Gasteiger partial charge in [-0.2, -0.15) is 0 Å². The number of hydrogen-bond acceptors (Lipinski definition) is 3. The molecule has 0 aliphatic carbocycles. The summed E-state index contributed by atoms with van der Waals surface area (Å²) >= 11 is 0. The average Bonchev–Trinajstić information content (AvgIpc) is 2.86. The molecule has 0 spiro atoms. The molecule has 0 radical (unpaired) electrons. The molecule has 1 aromatic rings. The zero-order valence-corrected chi connectivity index (χ0v) is 12.3. The van der Waals surface area contributed by atoms with Gasteiger partial charge in [-0.3, -0.25) is 9.59 Å². The maximum Gasteiger partial charge on any atom is 0.308 e. The Labute approximate surface area is 124 Å². The second kappa shape index (κ2) is 6.61. The van der Waals surface area contributed by atoms with Crippen molar-refractivity contribution in [3.63, 3.8) is 0 Å². The van der Waals surface area contributed by atoms with E-state index < -0.39 is 18.0 Å². The first-order valence-corrected chi connectivity index (χ1v) is 7.22. The number of carboxylic acids is 1. The SMILES string of the molecule is CC(C)CC(CNC(=O)C1Cc2ccccc2O1)C(=O)O. The number of rotatable bonds is 6. The fraction of sp³-hybridized carbons (Fsp3) is 0.500. The topological polar surface area (TPSA) is 75.6 Å². The van der Waals surface area contributed by atoms with Gasteiger partial charge in [-0.25, -0.2) is 0 Å². The number of hydrogen-bond donors (Lipinski definition) is 2. The molecule has 5 heteroatoms. The minimum Gasteiger partial charge on any atom is -0.481 e. The highest BCUT2D eigenvalue weighted by Gasteiger charge is 2.29. The zero-order chi connectivity index (χ0) is 15.4. The monoisotopic (exact) mass is 291 g/mol. The molecule has 2 N–H and O–H groups in total. The third-order valence-electron chi connectivity index (χ3n) is 3.57. The number of nitrogens with one attached hydrogen (secondary N) is 1. The predicted molar refractivity (Wildman–Crippen MR) is 78.2 cm³/mol. The number of amides is 1. The zero-order valence-electron chi connectivity index (χ0n) is 12.3. The summed E-state index contributed by atoms with van der Waals surface area (Å²) in [5.41, 5.74) is 1.01. The van der Waals surface area contributed by atoms with E-state index in [0.717, 1.165) is 11.3 Å². The Bertz CT molecular complexity index is 502. The highest BCUT2D eigenvalue weighted by Crippen LogP contribution is 2.28. The van der Waals surface area contributed by atoms with Gasteiger partial charge in [0.05, 0.1) is 5.92 Å². The summed E-state index contributed by atoms with van der Waals surface area (Å²) in [5, 5.41) is 11.9. The maximum absolute atomic E-state index is 12.1. The van der Waals surface area contributed by atoms with Crippen LogP contribution in [0.4, 0.5) is 0 Å². The smallest absolute Gasteiger partial charge is 0.308 e. The number of fused-ring (bicyclic) bond motifs is 1. The molecule has 0 fully saturated rings. The van der Waals surface area contributed by atoms with Crippen molar-refractivity contribution >= 4 is 11.9 Å². The Hall–Kier alpha value is -2.04. The maximum atomic E-state index is 12.1. The summed E-state index contributed by atoms with van der Waals surface area (Å²) < 4.78 is 5.58. The van der Waals surface area contributed by atoms with Gasteiger partial charge in [0.15, 0.2) is 6.10 Å². The van der Waals surface area contributed by atoms with E-state index in [9.17, 15) is 9.59 Å². The highest BCUT2D eigenvalue weighted by molar-refractivity contribution is 5.83. The Kier molecular flexibility index (Phi) is 4.83. The number of benzene rings is 1. The molecule has 2 unspecified atom stereocenters. The molecule has 0 bridgehead atoms. The van der Waals surface area contributed by atoms with Crippen molar-refractivity contribution in [1.82, 2.24) is 5.32 Å². The molecule has 0 aromatic heterocycles. The van der Waals surface area contributed by atoms with Crippen LogP contribution in [0.1, 0.15) is 25.8 Å². The van der Waals surface area contributed by atoms with Gasteiger partial charge in [0.25, 0.3) is 5.91 Å². The van der Waals surface area contributed by atoms with Crippen LogP contribution in [0.15, 0.2) is 24.3 Å². The van der Waals surface area contributed by atoms with Crippen LogP contribution in [-0.2, 0) is 16.0 Å². The number of carbonyl (C=O) groups excluding carboxylic acids is 1. The lowest BCUT2D eigenvalue weighted by atomic mass is 9.97. The van der Waals surface area contributed by atoms with Gasteiger partial charge < -0.3 is 15.2 Å². The fourth-order valence-electron chi connectivity index (χ4n) is 2.51. The van der Waals surface area contributed by atoms with Crippen LogP contribution in [0.25, 0.3) is 0 Å². The molecule has 5 nitrogen and oxygen atoms in total. The van der Waals surface area contributed by atoms with Gasteiger partial charge in [-0.15, -0.1) is 0 Å². The number of carboxylic acid groups (broad SMARTS) is 1. The Morgan fingerprint density at radius 2 is 2.10 bits per heavy atom. The van der Waals surface area contributed by atoms with Crippen molar-refractivity contribution in [2.24, 2.45) is 11.8 Å². The molecule has 21 heavy (non-hydrogen) atoms. The Morgan fingerprint density at radius 1 is 1.38 bits per heavy atom. The van der Waals surface area contributed by atoms with Crippen LogP contribution in [0.3, 0.4) is 0 Å². The van der Waals surface area contributed by atoms with Crippen molar-refractivity contribution in [3.05, 3.63) is 29.8 Å². The van der Waals surface area contributed by atoms with E-state index in [0.29, 0.717) is 12.8 Å². The summed E-state index contributed by atoms with van der Waals surface area (Å²) in [6, 6.07) is 7.54. The van der Waals surface area contributed by atoms with Gasteiger partial charge in [-0.1, -0.05) is 32.0 Å². The normalized spacial score (nSPS) is 18.0. The van der Waals surface area contributed by atoms with Crippen LogP contribution in [0, 0.1) is 11.8 Å². The predicted octanol–water partition coefficient (Wildman–Crippen LogP) is 1.85. The molecule has 1 aromatic carbocycles. The van der Waals surface area contributed by atoms with Gasteiger partial charge in [-0.05, 0) is 24.0 Å².